The predicted octanol–water partition coefficient (Wildman–Crippen LogP) is 1.93. The molecular formula is C7H8F3N3. The summed E-state index contributed by atoms with van der Waals surface area (Å²) in [5.74, 6) is -0.00248. The van der Waals surface area contributed by atoms with Crippen LogP contribution >= 0.6 is 0 Å². The summed E-state index contributed by atoms with van der Waals surface area (Å²) in [5, 5.41) is 2.60. The van der Waals surface area contributed by atoms with Crippen molar-refractivity contribution in [1.82, 2.24) is 9.97 Å². The lowest BCUT2D eigenvalue weighted by atomic mass is 10.4. The van der Waals surface area contributed by atoms with E-state index in [0.717, 1.165) is 12.3 Å². The van der Waals surface area contributed by atoms with Gasteiger partial charge in [0.1, 0.15) is 5.69 Å². The molecule has 0 saturated carbocycles. The van der Waals surface area contributed by atoms with Gasteiger partial charge >= 0.3 is 6.18 Å². The lowest BCUT2D eigenvalue weighted by molar-refractivity contribution is -0.141. The Labute approximate surface area is 73.0 Å². The fraction of sp³-hybridized carbons (Fsp3) is 0.429. The maximum Gasteiger partial charge on any atom is 0.433 e. The van der Waals surface area contributed by atoms with Crippen molar-refractivity contribution in [3.63, 3.8) is 0 Å². The second-order valence-electron chi connectivity index (χ2n) is 2.29. The molecule has 6 heteroatoms. The molecule has 0 unspecified atom stereocenters. The second kappa shape index (κ2) is 3.59. The molecule has 3 nitrogen and oxygen atoms in total. The summed E-state index contributed by atoms with van der Waals surface area (Å²) in [6.07, 6.45) is -3.33. The molecule has 0 bridgehead atoms. The molecule has 1 N–H and O–H groups in total. The Morgan fingerprint density at radius 1 is 1.46 bits per heavy atom. The number of hydrogen-bond donors (Lipinski definition) is 1. The van der Waals surface area contributed by atoms with Gasteiger partial charge in [0.15, 0.2) is 0 Å². The van der Waals surface area contributed by atoms with Gasteiger partial charge in [-0.3, -0.25) is 0 Å². The van der Waals surface area contributed by atoms with E-state index in [2.05, 4.69) is 15.3 Å². The molecule has 72 valence electrons. The van der Waals surface area contributed by atoms with E-state index in [1.165, 1.54) is 0 Å². The van der Waals surface area contributed by atoms with E-state index < -0.39 is 11.9 Å². The maximum atomic E-state index is 12.1. The maximum absolute atomic E-state index is 12.1. The summed E-state index contributed by atoms with van der Waals surface area (Å²) in [6.45, 7) is 2.24. The first-order chi connectivity index (χ1) is 6.04. The quantitative estimate of drug-likeness (QED) is 0.776. The van der Waals surface area contributed by atoms with Crippen LogP contribution in [0.25, 0.3) is 0 Å². The molecule has 13 heavy (non-hydrogen) atoms. The molecule has 0 saturated heterocycles. The lowest BCUT2D eigenvalue weighted by Crippen LogP contribution is -2.11. The third-order valence-corrected chi connectivity index (χ3v) is 1.28. The number of hydrogen-bond acceptors (Lipinski definition) is 3. The number of anilines is 1. The van der Waals surface area contributed by atoms with Gasteiger partial charge in [-0.1, -0.05) is 0 Å². The largest absolute Gasteiger partial charge is 0.433 e. The minimum absolute atomic E-state index is 0.00248. The van der Waals surface area contributed by atoms with E-state index >= 15 is 0 Å². The minimum Gasteiger partial charge on any atom is -0.354 e. The molecule has 1 heterocycles. The molecule has 0 aliphatic heterocycles. The number of alkyl halides is 3. The van der Waals surface area contributed by atoms with Gasteiger partial charge in [0.05, 0.1) is 0 Å². The first-order valence-corrected chi connectivity index (χ1v) is 3.68. The molecule has 1 aromatic heterocycles. The normalized spacial score (nSPS) is 11.4. The zero-order valence-corrected chi connectivity index (χ0v) is 6.89. The molecule has 0 fully saturated rings. The molecule has 0 spiro atoms. The first kappa shape index (κ1) is 9.76. The molecule has 1 rings (SSSR count). The van der Waals surface area contributed by atoms with Crippen molar-refractivity contribution in [2.75, 3.05) is 11.9 Å². The summed E-state index contributed by atoms with van der Waals surface area (Å²) < 4.78 is 36.3. The first-order valence-electron chi connectivity index (χ1n) is 3.68. The molecule has 0 aliphatic carbocycles. The van der Waals surface area contributed by atoms with Crippen molar-refractivity contribution >= 4 is 5.95 Å². The Kier molecular flexibility index (Phi) is 2.69. The van der Waals surface area contributed by atoms with Gasteiger partial charge in [-0.05, 0) is 13.0 Å². The van der Waals surface area contributed by atoms with Gasteiger partial charge < -0.3 is 5.32 Å². The average molecular weight is 191 g/mol. The lowest BCUT2D eigenvalue weighted by Gasteiger charge is -2.06. The molecule has 0 aromatic carbocycles. The van der Waals surface area contributed by atoms with Crippen molar-refractivity contribution in [1.29, 1.82) is 0 Å². The van der Waals surface area contributed by atoms with Gasteiger partial charge in [-0.15, -0.1) is 0 Å². The fourth-order valence-corrected chi connectivity index (χ4v) is 0.760. The Balaban J connectivity index is 2.92. The van der Waals surface area contributed by atoms with Gasteiger partial charge in [-0.25, -0.2) is 9.97 Å². The van der Waals surface area contributed by atoms with Gasteiger partial charge in [0, 0.05) is 12.7 Å². The van der Waals surface area contributed by atoms with E-state index in [1.54, 1.807) is 6.92 Å². The van der Waals surface area contributed by atoms with Crippen LogP contribution in [0.2, 0.25) is 0 Å². The molecule has 0 aliphatic rings. The summed E-state index contributed by atoms with van der Waals surface area (Å²) in [4.78, 5) is 6.91. The molecule has 0 atom stereocenters. The van der Waals surface area contributed by atoms with Crippen LogP contribution in [-0.2, 0) is 6.18 Å². The Hall–Kier alpha value is -1.33. The highest BCUT2D eigenvalue weighted by molar-refractivity contribution is 5.25. The van der Waals surface area contributed by atoms with E-state index in [0.29, 0.717) is 6.54 Å². The van der Waals surface area contributed by atoms with Crippen LogP contribution in [0.15, 0.2) is 12.3 Å². The SMILES string of the molecule is CCNc1nccc(C(F)(F)F)n1. The van der Waals surface area contributed by atoms with E-state index in [1.807, 2.05) is 0 Å². The average Bonchev–Trinajstić information content (AvgIpc) is 2.04. The minimum atomic E-state index is -4.41. The molecule has 1 aromatic rings. The van der Waals surface area contributed by atoms with Crippen molar-refractivity contribution in [2.24, 2.45) is 0 Å². The molecule has 0 amide bonds. The number of halogens is 3. The summed E-state index contributed by atoms with van der Waals surface area (Å²) in [5.41, 5.74) is -0.932. The third-order valence-electron chi connectivity index (χ3n) is 1.28. The number of rotatable bonds is 2. The number of aromatic nitrogens is 2. The Bertz CT molecular complexity index is 285. The van der Waals surface area contributed by atoms with Crippen molar-refractivity contribution in [3.05, 3.63) is 18.0 Å². The van der Waals surface area contributed by atoms with Crippen LogP contribution in [0.1, 0.15) is 12.6 Å². The van der Waals surface area contributed by atoms with Crippen molar-refractivity contribution in [2.45, 2.75) is 13.1 Å². The summed E-state index contributed by atoms with van der Waals surface area (Å²) in [7, 11) is 0. The topological polar surface area (TPSA) is 37.8 Å². The van der Waals surface area contributed by atoms with Crippen molar-refractivity contribution in [3.8, 4) is 0 Å². The highest BCUT2D eigenvalue weighted by Gasteiger charge is 2.32. The molecular weight excluding hydrogens is 183 g/mol. The monoisotopic (exact) mass is 191 g/mol. The highest BCUT2D eigenvalue weighted by Crippen LogP contribution is 2.27. The van der Waals surface area contributed by atoms with Crippen LogP contribution in [-0.4, -0.2) is 16.5 Å². The van der Waals surface area contributed by atoms with Crippen LogP contribution in [0.4, 0.5) is 19.1 Å². The van der Waals surface area contributed by atoms with Crippen LogP contribution < -0.4 is 5.32 Å². The third kappa shape index (κ3) is 2.57. The predicted molar refractivity (Wildman–Crippen MR) is 41.2 cm³/mol. The Morgan fingerprint density at radius 2 is 2.15 bits per heavy atom. The van der Waals surface area contributed by atoms with Gasteiger partial charge in [0.2, 0.25) is 5.95 Å². The highest BCUT2D eigenvalue weighted by atomic mass is 19.4. The van der Waals surface area contributed by atoms with Crippen LogP contribution in [0.3, 0.4) is 0 Å². The standard InChI is InChI=1S/C7H8F3N3/c1-2-11-6-12-4-3-5(13-6)7(8,9)10/h3-4H,2H2,1H3,(H,11,12,13). The zero-order valence-electron chi connectivity index (χ0n) is 6.89. The second-order valence-corrected chi connectivity index (χ2v) is 2.29. The number of nitrogens with zero attached hydrogens (tertiary/aromatic N) is 2. The van der Waals surface area contributed by atoms with Crippen LogP contribution in [0.5, 0.6) is 0 Å². The number of nitrogens with one attached hydrogen (secondary N) is 1. The van der Waals surface area contributed by atoms with E-state index in [9.17, 15) is 13.2 Å². The van der Waals surface area contributed by atoms with Crippen molar-refractivity contribution < 1.29 is 13.2 Å². The van der Waals surface area contributed by atoms with Gasteiger partial charge in [-0.2, -0.15) is 13.2 Å². The van der Waals surface area contributed by atoms with Crippen LogP contribution in [0, 0.1) is 0 Å². The zero-order chi connectivity index (χ0) is 9.90. The fourth-order valence-electron chi connectivity index (χ4n) is 0.760. The molecule has 0 radical (unpaired) electrons. The summed E-state index contributed by atoms with van der Waals surface area (Å²) in [6, 6.07) is 0.834. The Morgan fingerprint density at radius 3 is 2.69 bits per heavy atom. The van der Waals surface area contributed by atoms with Gasteiger partial charge in [0.25, 0.3) is 0 Å². The smallest absolute Gasteiger partial charge is 0.354 e. The summed E-state index contributed by atoms with van der Waals surface area (Å²) >= 11 is 0. The van der Waals surface area contributed by atoms with E-state index in [-0.39, 0.29) is 5.95 Å². The van der Waals surface area contributed by atoms with E-state index in [4.69, 9.17) is 0 Å².